The lowest BCUT2D eigenvalue weighted by Crippen LogP contribution is -2.26. The van der Waals surface area contributed by atoms with E-state index in [1.165, 1.54) is 35.3 Å². The molecule has 0 saturated carbocycles. The fourth-order valence-electron chi connectivity index (χ4n) is 2.09. The predicted molar refractivity (Wildman–Crippen MR) is 64.5 cm³/mol. The zero-order valence-electron chi connectivity index (χ0n) is 7.95. The van der Waals surface area contributed by atoms with Gasteiger partial charge in [-0.3, -0.25) is 0 Å². The summed E-state index contributed by atoms with van der Waals surface area (Å²) in [7, 11) is 0. The van der Waals surface area contributed by atoms with Crippen LogP contribution in [0.1, 0.15) is 23.6 Å². The summed E-state index contributed by atoms with van der Waals surface area (Å²) in [4.78, 5) is 1.60. The van der Waals surface area contributed by atoms with E-state index in [0.29, 0.717) is 0 Å². The Labute approximate surface area is 91.8 Å². The van der Waals surface area contributed by atoms with Gasteiger partial charge in [-0.2, -0.15) is 0 Å². The molecule has 1 aliphatic heterocycles. The van der Waals surface area contributed by atoms with E-state index in [9.17, 15) is 0 Å². The Morgan fingerprint density at radius 1 is 1.29 bits per heavy atom. The first-order valence-corrected chi connectivity index (χ1v) is 6.81. The third-order valence-corrected chi connectivity index (χ3v) is 5.28. The van der Waals surface area contributed by atoms with Crippen molar-refractivity contribution in [1.29, 1.82) is 0 Å². The zero-order valence-corrected chi connectivity index (χ0v) is 9.59. The molecule has 14 heavy (non-hydrogen) atoms. The first-order valence-electron chi connectivity index (χ1n) is 5.11. The van der Waals surface area contributed by atoms with Crippen LogP contribution in [0.4, 0.5) is 0 Å². The van der Waals surface area contributed by atoms with E-state index in [4.69, 9.17) is 0 Å². The van der Waals surface area contributed by atoms with Crippen molar-refractivity contribution in [2.24, 2.45) is 0 Å². The quantitative estimate of drug-likeness (QED) is 0.781. The van der Waals surface area contributed by atoms with Crippen LogP contribution in [0.5, 0.6) is 0 Å². The number of thiophene rings is 2. The Hall–Kier alpha value is -0.380. The highest BCUT2D eigenvalue weighted by Gasteiger charge is 2.17. The smallest absolute Gasteiger partial charge is 0.0867 e. The van der Waals surface area contributed by atoms with Crippen molar-refractivity contribution >= 4 is 32.1 Å². The number of piperidine rings is 1. The molecule has 1 nitrogen and oxygen atoms in total. The van der Waals surface area contributed by atoms with Gasteiger partial charge in [-0.15, -0.1) is 22.7 Å². The molecule has 0 radical (unpaired) electrons. The van der Waals surface area contributed by atoms with E-state index in [0.717, 1.165) is 5.92 Å². The van der Waals surface area contributed by atoms with Crippen LogP contribution in [-0.4, -0.2) is 13.1 Å². The minimum atomic E-state index is 0.820. The zero-order chi connectivity index (χ0) is 9.38. The van der Waals surface area contributed by atoms with Crippen LogP contribution >= 0.6 is 22.7 Å². The number of hydrogen-bond acceptors (Lipinski definition) is 3. The normalized spacial score (nSPS) is 19.1. The lowest BCUT2D eigenvalue weighted by Gasteiger charge is -2.21. The summed E-state index contributed by atoms with van der Waals surface area (Å²) in [6.45, 7) is 2.38. The second-order valence-corrected chi connectivity index (χ2v) is 6.09. The maximum atomic E-state index is 3.42. The Kier molecular flexibility index (Phi) is 2.32. The van der Waals surface area contributed by atoms with Crippen molar-refractivity contribution in [2.45, 2.75) is 18.8 Å². The van der Waals surface area contributed by atoms with Gasteiger partial charge in [0.25, 0.3) is 0 Å². The fourth-order valence-corrected chi connectivity index (χ4v) is 4.39. The Morgan fingerprint density at radius 2 is 2.14 bits per heavy atom. The van der Waals surface area contributed by atoms with Crippen molar-refractivity contribution in [3.63, 3.8) is 0 Å². The Morgan fingerprint density at radius 3 is 2.93 bits per heavy atom. The maximum absolute atomic E-state index is 3.42. The second-order valence-electron chi connectivity index (χ2n) is 3.84. The maximum Gasteiger partial charge on any atom is 0.0867 e. The molecule has 3 heterocycles. The molecular weight excluding hydrogens is 210 g/mol. The van der Waals surface area contributed by atoms with Crippen molar-refractivity contribution in [3.8, 4) is 0 Å². The van der Waals surface area contributed by atoms with E-state index in [1.54, 1.807) is 4.88 Å². The summed E-state index contributed by atoms with van der Waals surface area (Å²) in [6, 6.07) is 4.63. The highest BCUT2D eigenvalue weighted by molar-refractivity contribution is 7.37. The molecule has 1 fully saturated rings. The highest BCUT2D eigenvalue weighted by Crippen LogP contribution is 2.37. The van der Waals surface area contributed by atoms with E-state index in [1.807, 2.05) is 22.7 Å². The molecule has 0 bridgehead atoms. The van der Waals surface area contributed by atoms with Crippen molar-refractivity contribution in [2.75, 3.05) is 13.1 Å². The summed E-state index contributed by atoms with van der Waals surface area (Å²) in [5.41, 5.74) is 0. The van der Waals surface area contributed by atoms with Gasteiger partial charge < -0.3 is 5.32 Å². The van der Waals surface area contributed by atoms with Crippen LogP contribution in [0.3, 0.4) is 0 Å². The molecule has 74 valence electrons. The van der Waals surface area contributed by atoms with Crippen molar-refractivity contribution in [3.05, 3.63) is 22.4 Å². The molecule has 0 aromatic carbocycles. The van der Waals surface area contributed by atoms with E-state index >= 15 is 0 Å². The Bertz CT molecular complexity index is 395. The van der Waals surface area contributed by atoms with Gasteiger partial charge in [0, 0.05) is 10.3 Å². The molecule has 0 unspecified atom stereocenters. The van der Waals surface area contributed by atoms with Crippen molar-refractivity contribution in [1.82, 2.24) is 5.32 Å². The monoisotopic (exact) mass is 223 g/mol. The third kappa shape index (κ3) is 1.49. The van der Waals surface area contributed by atoms with Gasteiger partial charge in [-0.05, 0) is 49.4 Å². The van der Waals surface area contributed by atoms with Crippen LogP contribution in [0.25, 0.3) is 9.40 Å². The summed E-state index contributed by atoms with van der Waals surface area (Å²) in [5, 5.41) is 7.06. The molecule has 0 atom stereocenters. The minimum Gasteiger partial charge on any atom is -0.317 e. The Balaban J connectivity index is 1.92. The number of hydrogen-bond donors (Lipinski definition) is 1. The molecule has 1 N–H and O–H groups in total. The first kappa shape index (κ1) is 8.89. The lowest BCUT2D eigenvalue weighted by atomic mass is 9.96. The van der Waals surface area contributed by atoms with Gasteiger partial charge in [-0.1, -0.05) is 0 Å². The van der Waals surface area contributed by atoms with Crippen molar-refractivity contribution < 1.29 is 0 Å². The molecule has 3 rings (SSSR count). The van der Waals surface area contributed by atoms with Gasteiger partial charge in [0.1, 0.15) is 0 Å². The molecule has 1 aliphatic rings. The largest absolute Gasteiger partial charge is 0.317 e. The topological polar surface area (TPSA) is 12.0 Å². The van der Waals surface area contributed by atoms with E-state index in [-0.39, 0.29) is 0 Å². The van der Waals surface area contributed by atoms with Crippen LogP contribution in [0.2, 0.25) is 0 Å². The summed E-state index contributed by atoms with van der Waals surface area (Å²) in [6.07, 6.45) is 2.63. The van der Waals surface area contributed by atoms with E-state index in [2.05, 4.69) is 22.8 Å². The number of fused-ring (bicyclic) bond motifs is 1. The lowest BCUT2D eigenvalue weighted by molar-refractivity contribution is 0.465. The van der Waals surface area contributed by atoms with Gasteiger partial charge in [0.15, 0.2) is 0 Å². The minimum absolute atomic E-state index is 0.820. The predicted octanol–water partition coefficient (Wildman–Crippen LogP) is 3.43. The molecule has 3 heteroatoms. The van der Waals surface area contributed by atoms with Gasteiger partial charge in [-0.25, -0.2) is 0 Å². The number of nitrogens with one attached hydrogen (secondary N) is 1. The molecule has 0 aliphatic carbocycles. The molecule has 0 spiro atoms. The average Bonchev–Trinajstić information content (AvgIpc) is 2.78. The average molecular weight is 223 g/mol. The van der Waals surface area contributed by atoms with Crippen LogP contribution in [-0.2, 0) is 0 Å². The molecule has 2 aromatic heterocycles. The first-order chi connectivity index (χ1) is 6.93. The number of rotatable bonds is 1. The molecule has 1 saturated heterocycles. The summed E-state index contributed by atoms with van der Waals surface area (Å²) >= 11 is 3.88. The summed E-state index contributed by atoms with van der Waals surface area (Å²) in [5.74, 6) is 0.820. The van der Waals surface area contributed by atoms with Crippen LogP contribution in [0, 0.1) is 0 Å². The fraction of sp³-hybridized carbons (Fsp3) is 0.455. The SMILES string of the molecule is c1cc2cc(C3CCNCC3)sc2s1. The second kappa shape index (κ2) is 3.65. The van der Waals surface area contributed by atoms with Gasteiger partial charge in [0.05, 0.1) is 4.01 Å². The third-order valence-electron chi connectivity index (χ3n) is 2.91. The summed E-state index contributed by atoms with van der Waals surface area (Å²) < 4.78 is 1.50. The molecular formula is C11H13NS2. The van der Waals surface area contributed by atoms with Gasteiger partial charge >= 0.3 is 0 Å². The van der Waals surface area contributed by atoms with Crippen LogP contribution < -0.4 is 5.32 Å². The van der Waals surface area contributed by atoms with Crippen LogP contribution in [0.15, 0.2) is 17.5 Å². The molecule has 2 aromatic rings. The van der Waals surface area contributed by atoms with Gasteiger partial charge in [0.2, 0.25) is 0 Å². The standard InChI is InChI=1S/C11H13NS2/c1-4-12-5-2-8(1)10-7-9-3-6-13-11(9)14-10/h3,6-8,12H,1-2,4-5H2. The molecule has 0 amide bonds. The highest BCUT2D eigenvalue weighted by atomic mass is 32.2. The van der Waals surface area contributed by atoms with E-state index < -0.39 is 0 Å².